The quantitative estimate of drug-likeness (QED) is 0.131. The Kier molecular flexibility index (Phi) is 18.3. The highest BCUT2D eigenvalue weighted by molar-refractivity contribution is 5.43. The molecule has 2 aromatic rings. The van der Waals surface area contributed by atoms with E-state index in [1.165, 1.54) is 86.5 Å². The number of aliphatic hydroxyl groups excluding tert-OH is 2. The molecule has 0 aliphatic heterocycles. The minimum absolute atomic E-state index is 0.0444. The smallest absolute Gasteiger partial charge is 0.0849 e. The third-order valence-electron chi connectivity index (χ3n) is 14.4. The van der Waals surface area contributed by atoms with Crippen molar-refractivity contribution in [2.24, 2.45) is 22.7 Å². The monoisotopic (exact) mass is 801 g/mol. The summed E-state index contributed by atoms with van der Waals surface area (Å²) in [6.07, 6.45) is 20.2. The van der Waals surface area contributed by atoms with E-state index < -0.39 is 12.2 Å². The van der Waals surface area contributed by atoms with Gasteiger partial charge in [-0.2, -0.15) is 0 Å². The summed E-state index contributed by atoms with van der Waals surface area (Å²) >= 11 is 0. The first kappa shape index (κ1) is 50.7. The van der Waals surface area contributed by atoms with Gasteiger partial charge in [0.15, 0.2) is 0 Å². The van der Waals surface area contributed by atoms with E-state index >= 15 is 0 Å². The molecule has 1 aliphatic rings. The van der Waals surface area contributed by atoms with Gasteiger partial charge in [0, 0.05) is 10.8 Å². The Labute approximate surface area is 361 Å². The molecule has 0 aromatic heterocycles. The predicted octanol–water partition coefficient (Wildman–Crippen LogP) is 17.0. The second kappa shape index (κ2) is 21.0. The van der Waals surface area contributed by atoms with Gasteiger partial charge in [0.25, 0.3) is 0 Å². The molecule has 2 aromatic carbocycles. The van der Waals surface area contributed by atoms with E-state index in [4.69, 9.17) is 0 Å². The molecule has 0 amide bonds. The van der Waals surface area contributed by atoms with Crippen molar-refractivity contribution >= 4 is 0 Å². The van der Waals surface area contributed by atoms with E-state index in [9.17, 15) is 10.2 Å². The summed E-state index contributed by atoms with van der Waals surface area (Å²) < 4.78 is 0. The van der Waals surface area contributed by atoms with Crippen LogP contribution in [0.5, 0.6) is 0 Å². The maximum Gasteiger partial charge on any atom is 0.0849 e. The second-order valence-electron chi connectivity index (χ2n) is 24.5. The zero-order valence-corrected chi connectivity index (χ0v) is 41.4. The molecule has 0 radical (unpaired) electrons. The van der Waals surface area contributed by atoms with Gasteiger partial charge in [-0.15, -0.1) is 0 Å². The number of hydrogen-bond acceptors (Lipinski definition) is 2. The molecular formula is C56H96O2. The van der Waals surface area contributed by atoms with Crippen molar-refractivity contribution in [3.63, 3.8) is 0 Å². The average Bonchev–Trinajstić information content (AvgIpc) is 3.12. The summed E-state index contributed by atoms with van der Waals surface area (Å²) in [6, 6.07) is 14.0. The molecule has 3 rings (SSSR count). The highest BCUT2D eigenvalue weighted by Crippen LogP contribution is 2.60. The van der Waals surface area contributed by atoms with Crippen LogP contribution in [0.1, 0.15) is 272 Å². The van der Waals surface area contributed by atoms with Gasteiger partial charge in [-0.1, -0.05) is 224 Å². The lowest BCUT2D eigenvalue weighted by Crippen LogP contribution is -2.42. The van der Waals surface area contributed by atoms with Crippen LogP contribution in [0.15, 0.2) is 36.4 Å². The van der Waals surface area contributed by atoms with E-state index in [1.54, 1.807) is 0 Å². The summed E-state index contributed by atoms with van der Waals surface area (Å²) in [6.45, 7) is 37.0. The molecule has 1 fully saturated rings. The van der Waals surface area contributed by atoms with E-state index in [0.717, 1.165) is 74.3 Å². The summed E-state index contributed by atoms with van der Waals surface area (Å²) in [7, 11) is 0. The predicted molar refractivity (Wildman–Crippen MR) is 255 cm³/mol. The van der Waals surface area contributed by atoms with E-state index in [0.29, 0.717) is 0 Å². The van der Waals surface area contributed by atoms with Gasteiger partial charge in [0.2, 0.25) is 0 Å². The molecule has 1 saturated carbocycles. The van der Waals surface area contributed by atoms with Crippen LogP contribution in [0.25, 0.3) is 0 Å². The normalized spacial score (nSPS) is 20.9. The van der Waals surface area contributed by atoms with Crippen LogP contribution < -0.4 is 0 Å². The van der Waals surface area contributed by atoms with Crippen molar-refractivity contribution in [2.75, 3.05) is 0 Å². The molecule has 2 N–H and O–H groups in total. The summed E-state index contributed by atoms with van der Waals surface area (Å²) in [5.41, 5.74) is 7.06. The highest BCUT2D eigenvalue weighted by atomic mass is 16.3. The van der Waals surface area contributed by atoms with E-state index in [-0.39, 0.29) is 32.5 Å². The summed E-state index contributed by atoms with van der Waals surface area (Å²) in [5.74, 6) is 1.55. The van der Waals surface area contributed by atoms with Crippen molar-refractivity contribution in [3.05, 3.63) is 69.8 Å². The van der Waals surface area contributed by atoms with Crippen LogP contribution in [0.2, 0.25) is 0 Å². The highest BCUT2D eigenvalue weighted by Gasteiger charge is 2.50. The molecule has 0 heterocycles. The molecule has 2 atom stereocenters. The summed E-state index contributed by atoms with van der Waals surface area (Å²) in [5, 5.41) is 26.0. The lowest BCUT2D eigenvalue weighted by atomic mass is 9.55. The van der Waals surface area contributed by atoms with Crippen LogP contribution >= 0.6 is 0 Å². The van der Waals surface area contributed by atoms with E-state index in [2.05, 4.69) is 147 Å². The SMILES string of the molecule is CC(C)CCCCCCCC1(C(O)c2ccc(C(C)(C)C)cc2C(C)(C)C)CCC(CCCCCCCC(C)C)(C(O)c2ccc(C(C)(C)C)cc2C(C)(C)C)CC1. The van der Waals surface area contributed by atoms with E-state index in [1.807, 2.05) is 0 Å². The van der Waals surface area contributed by atoms with Crippen LogP contribution in [0, 0.1) is 22.7 Å². The Balaban J connectivity index is 2.06. The minimum Gasteiger partial charge on any atom is -0.388 e. The van der Waals surface area contributed by atoms with Gasteiger partial charge in [-0.3, -0.25) is 0 Å². The molecule has 2 unspecified atom stereocenters. The zero-order chi connectivity index (χ0) is 43.7. The van der Waals surface area contributed by atoms with Crippen molar-refractivity contribution in [1.29, 1.82) is 0 Å². The third-order valence-corrected chi connectivity index (χ3v) is 14.4. The Bertz CT molecular complexity index is 1390. The molecule has 2 heteroatoms. The second-order valence-corrected chi connectivity index (χ2v) is 24.5. The minimum atomic E-state index is -0.524. The molecule has 58 heavy (non-hydrogen) atoms. The Hall–Kier alpha value is -1.64. The molecule has 1 aliphatic carbocycles. The average molecular weight is 801 g/mol. The van der Waals surface area contributed by atoms with Gasteiger partial charge in [0.1, 0.15) is 0 Å². The number of rotatable bonds is 20. The Morgan fingerprint density at radius 3 is 1.00 bits per heavy atom. The maximum absolute atomic E-state index is 13.0. The van der Waals surface area contributed by atoms with Gasteiger partial charge in [0.05, 0.1) is 12.2 Å². The molecule has 332 valence electrons. The number of unbranched alkanes of at least 4 members (excludes halogenated alkanes) is 8. The fourth-order valence-electron chi connectivity index (χ4n) is 10.2. The largest absolute Gasteiger partial charge is 0.388 e. The molecule has 2 nitrogen and oxygen atoms in total. The first-order chi connectivity index (χ1) is 26.7. The molecule has 0 saturated heterocycles. The zero-order valence-electron chi connectivity index (χ0n) is 41.4. The molecule has 0 bridgehead atoms. The first-order valence-corrected chi connectivity index (χ1v) is 24.4. The van der Waals surface area contributed by atoms with Gasteiger partial charge < -0.3 is 10.2 Å². The van der Waals surface area contributed by atoms with Crippen LogP contribution in [0.4, 0.5) is 0 Å². The Morgan fingerprint density at radius 2 is 0.724 bits per heavy atom. The van der Waals surface area contributed by atoms with Gasteiger partial charge >= 0.3 is 0 Å². The Morgan fingerprint density at radius 1 is 0.431 bits per heavy atom. The third kappa shape index (κ3) is 14.2. The van der Waals surface area contributed by atoms with Crippen molar-refractivity contribution < 1.29 is 10.2 Å². The number of aliphatic hydroxyl groups is 2. The fourth-order valence-corrected chi connectivity index (χ4v) is 10.2. The van der Waals surface area contributed by atoms with Crippen LogP contribution in [-0.4, -0.2) is 10.2 Å². The number of hydrogen-bond donors (Lipinski definition) is 2. The van der Waals surface area contributed by atoms with Crippen LogP contribution in [0.3, 0.4) is 0 Å². The van der Waals surface area contributed by atoms with Crippen LogP contribution in [-0.2, 0) is 21.7 Å². The standard InChI is InChI=1S/C56H96O2/c1-41(2)27-23-19-17-21-25-33-55(49(57)45-31-29-43(51(5,6)7)39-47(45)53(11,12)13)35-37-56(38-36-55,34-26-22-18-20-24-28-42(3)4)50(58)46-32-30-44(52(8,9)10)40-48(46)54(14,15)16/h29-32,39-42,49-50,57-58H,17-28,33-38H2,1-16H3. The van der Waals surface area contributed by atoms with Crippen molar-refractivity contribution in [2.45, 2.75) is 260 Å². The summed E-state index contributed by atoms with van der Waals surface area (Å²) in [4.78, 5) is 0. The topological polar surface area (TPSA) is 40.5 Å². The first-order valence-electron chi connectivity index (χ1n) is 24.4. The molecular weight excluding hydrogens is 705 g/mol. The van der Waals surface area contributed by atoms with Crippen molar-refractivity contribution in [3.8, 4) is 0 Å². The lowest BCUT2D eigenvalue weighted by molar-refractivity contribution is -0.0881. The molecule has 0 spiro atoms. The van der Waals surface area contributed by atoms with Crippen molar-refractivity contribution in [1.82, 2.24) is 0 Å². The number of benzene rings is 2. The van der Waals surface area contributed by atoms with Gasteiger partial charge in [-0.05, 0) is 105 Å². The lowest BCUT2D eigenvalue weighted by Gasteiger charge is -2.52. The fraction of sp³-hybridized carbons (Fsp3) is 0.786. The van der Waals surface area contributed by atoms with Gasteiger partial charge in [-0.25, -0.2) is 0 Å². The maximum atomic E-state index is 13.0.